The first-order chi connectivity index (χ1) is 9.04. The normalized spacial score (nSPS) is 38.6. The van der Waals surface area contributed by atoms with Gasteiger partial charge in [0, 0.05) is 0 Å². The van der Waals surface area contributed by atoms with Gasteiger partial charge in [-0.05, 0) is 58.3 Å². The Labute approximate surface area is 120 Å². The molecule has 2 aliphatic heterocycles. The van der Waals surface area contributed by atoms with Crippen molar-refractivity contribution < 1.29 is 0 Å². The zero-order valence-electron chi connectivity index (χ0n) is 12.7. The lowest BCUT2D eigenvalue weighted by molar-refractivity contribution is 0.755. The average molecular weight is 299 g/mol. The van der Waals surface area contributed by atoms with E-state index in [1.807, 2.05) is 0 Å². The van der Waals surface area contributed by atoms with Crippen LogP contribution in [-0.2, 0) is 0 Å². The SMILES string of the molecule is CC[C@@H]1CCCP1C(=N)C(=N)[P+]1(C)CCC[C@H]1CC. The number of nitrogens with one attached hydrogen (secondary N) is 2. The summed E-state index contributed by atoms with van der Waals surface area (Å²) < 4.78 is 0. The van der Waals surface area contributed by atoms with Crippen molar-refractivity contribution in [2.45, 2.75) is 63.7 Å². The molecule has 4 heteroatoms. The van der Waals surface area contributed by atoms with Gasteiger partial charge in [0.25, 0.3) is 0 Å². The van der Waals surface area contributed by atoms with Crippen molar-refractivity contribution in [3.8, 4) is 0 Å². The molecular weight excluding hydrogens is 270 g/mol. The van der Waals surface area contributed by atoms with Crippen LogP contribution in [0.15, 0.2) is 0 Å². The highest BCUT2D eigenvalue weighted by atomic mass is 31.2. The maximum atomic E-state index is 8.69. The van der Waals surface area contributed by atoms with Crippen LogP contribution < -0.4 is 0 Å². The van der Waals surface area contributed by atoms with E-state index < -0.39 is 7.26 Å². The topological polar surface area (TPSA) is 47.7 Å². The molecule has 2 fully saturated rings. The van der Waals surface area contributed by atoms with E-state index in [9.17, 15) is 0 Å². The Balaban J connectivity index is 2.12. The summed E-state index contributed by atoms with van der Waals surface area (Å²) in [5, 5.41) is 17.3. The lowest BCUT2D eigenvalue weighted by Gasteiger charge is -2.28. The maximum absolute atomic E-state index is 8.69. The van der Waals surface area contributed by atoms with Crippen LogP contribution in [0.1, 0.15) is 52.4 Å². The van der Waals surface area contributed by atoms with E-state index >= 15 is 0 Å². The van der Waals surface area contributed by atoms with Gasteiger partial charge in [0.2, 0.25) is 0 Å². The molecule has 2 heterocycles. The summed E-state index contributed by atoms with van der Waals surface area (Å²) in [7, 11) is -1.59. The summed E-state index contributed by atoms with van der Waals surface area (Å²) in [6.07, 6.45) is 10.1. The first-order valence-corrected chi connectivity index (χ1v) is 11.9. The monoisotopic (exact) mass is 299 g/mol. The van der Waals surface area contributed by atoms with Gasteiger partial charge in [0.05, 0.1) is 25.7 Å². The largest absolute Gasteiger partial charge is 0.295 e. The molecule has 0 aromatic carbocycles. The van der Waals surface area contributed by atoms with Crippen molar-refractivity contribution in [2.75, 3.05) is 19.0 Å². The highest BCUT2D eigenvalue weighted by molar-refractivity contribution is 7.98. The van der Waals surface area contributed by atoms with Crippen LogP contribution in [0.3, 0.4) is 0 Å². The lowest BCUT2D eigenvalue weighted by Crippen LogP contribution is -2.23. The highest BCUT2D eigenvalue weighted by Gasteiger charge is 2.51. The third-order valence-electron chi connectivity index (χ3n) is 5.31. The van der Waals surface area contributed by atoms with Gasteiger partial charge in [0.1, 0.15) is 5.45 Å². The second kappa shape index (κ2) is 6.31. The molecule has 0 amide bonds. The summed E-state index contributed by atoms with van der Waals surface area (Å²) in [4.78, 5) is 0. The minimum absolute atomic E-state index is 0.295. The molecule has 0 bridgehead atoms. The van der Waals surface area contributed by atoms with Crippen LogP contribution in [-0.4, -0.2) is 41.2 Å². The Bertz CT molecular complexity index is 369. The Morgan fingerprint density at radius 2 is 1.89 bits per heavy atom. The molecule has 2 rings (SSSR count). The van der Waals surface area contributed by atoms with Crippen molar-refractivity contribution in [3.63, 3.8) is 0 Å². The van der Waals surface area contributed by atoms with E-state index in [1.54, 1.807) is 0 Å². The van der Waals surface area contributed by atoms with Crippen LogP contribution in [0.25, 0.3) is 0 Å². The minimum Gasteiger partial charge on any atom is -0.295 e. The molecule has 4 atom stereocenters. The molecule has 2 unspecified atom stereocenters. The molecule has 19 heavy (non-hydrogen) atoms. The first kappa shape index (κ1) is 15.6. The van der Waals surface area contributed by atoms with Crippen molar-refractivity contribution in [3.05, 3.63) is 0 Å². The third-order valence-corrected chi connectivity index (χ3v) is 13.3. The molecule has 2 aliphatic rings. The molecule has 2 saturated heterocycles. The van der Waals surface area contributed by atoms with Crippen molar-refractivity contribution in [2.24, 2.45) is 0 Å². The fourth-order valence-electron chi connectivity index (χ4n) is 3.96. The van der Waals surface area contributed by atoms with Gasteiger partial charge in [-0.1, -0.05) is 13.8 Å². The fraction of sp³-hybridized carbons (Fsp3) is 0.867. The molecular formula is C15H29N2P2+. The first-order valence-electron chi connectivity index (χ1n) is 7.84. The molecule has 0 aliphatic carbocycles. The molecule has 0 saturated carbocycles. The molecule has 0 aromatic rings. The van der Waals surface area contributed by atoms with Crippen molar-refractivity contribution in [1.82, 2.24) is 0 Å². The Kier molecular flexibility index (Phi) is 5.18. The summed E-state index contributed by atoms with van der Waals surface area (Å²) in [6.45, 7) is 6.92. The minimum atomic E-state index is -1.29. The van der Waals surface area contributed by atoms with Gasteiger partial charge in [0.15, 0.2) is 5.45 Å². The fourth-order valence-corrected chi connectivity index (χ4v) is 11.5. The molecule has 108 valence electrons. The van der Waals surface area contributed by atoms with Crippen LogP contribution >= 0.6 is 15.2 Å². The molecule has 2 N–H and O–H groups in total. The zero-order valence-corrected chi connectivity index (χ0v) is 14.5. The van der Waals surface area contributed by atoms with Crippen LogP contribution in [0.2, 0.25) is 0 Å². The highest BCUT2D eigenvalue weighted by Crippen LogP contribution is 2.69. The van der Waals surface area contributed by atoms with Gasteiger partial charge in [-0.3, -0.25) is 10.8 Å². The summed E-state index contributed by atoms with van der Waals surface area (Å²) in [5.41, 5.74) is 3.12. The lowest BCUT2D eigenvalue weighted by atomic mass is 10.2. The van der Waals surface area contributed by atoms with Crippen LogP contribution in [0, 0.1) is 10.8 Å². The second-order valence-electron chi connectivity index (χ2n) is 6.29. The predicted octanol–water partition coefficient (Wildman–Crippen LogP) is 5.22. The number of hydrogen-bond acceptors (Lipinski definition) is 2. The van der Waals surface area contributed by atoms with Gasteiger partial charge >= 0.3 is 0 Å². The van der Waals surface area contributed by atoms with E-state index in [0.29, 0.717) is 0 Å². The second-order valence-corrected chi connectivity index (χ2v) is 13.0. The van der Waals surface area contributed by atoms with Crippen LogP contribution in [0.5, 0.6) is 0 Å². The maximum Gasteiger partial charge on any atom is 0.200 e. The van der Waals surface area contributed by atoms with Crippen molar-refractivity contribution in [1.29, 1.82) is 10.8 Å². The van der Waals surface area contributed by atoms with Crippen molar-refractivity contribution >= 4 is 26.1 Å². The van der Waals surface area contributed by atoms with E-state index in [4.69, 9.17) is 10.8 Å². The number of hydrogen-bond donors (Lipinski definition) is 2. The average Bonchev–Trinajstić information content (AvgIpc) is 3.03. The quantitative estimate of drug-likeness (QED) is 0.517. The van der Waals surface area contributed by atoms with Gasteiger partial charge < -0.3 is 0 Å². The zero-order chi connectivity index (χ0) is 14.0. The van der Waals surface area contributed by atoms with Gasteiger partial charge in [-0.25, -0.2) is 0 Å². The third kappa shape index (κ3) is 2.81. The summed E-state index contributed by atoms with van der Waals surface area (Å²) in [6, 6.07) is 0. The summed E-state index contributed by atoms with van der Waals surface area (Å²) >= 11 is 0. The van der Waals surface area contributed by atoms with Crippen LogP contribution in [0.4, 0.5) is 0 Å². The molecule has 0 radical (unpaired) electrons. The van der Waals surface area contributed by atoms with Gasteiger partial charge in [-0.2, -0.15) is 0 Å². The Morgan fingerprint density at radius 1 is 1.16 bits per heavy atom. The smallest absolute Gasteiger partial charge is 0.200 e. The molecule has 2 nitrogen and oxygen atoms in total. The standard InChI is InChI=1S/C15H29N2P2/c1-4-12-8-6-10-18(12)14(16)15(17)19(3)11-7-9-13(19)5-2/h12-13,16-17H,4-11H2,1-3H3/q+1/t12-,13-,18?,19?/m1/s1. The Hall–Kier alpha value is 0.200. The van der Waals surface area contributed by atoms with E-state index in [-0.39, 0.29) is 7.92 Å². The van der Waals surface area contributed by atoms with E-state index in [2.05, 4.69) is 20.5 Å². The van der Waals surface area contributed by atoms with Gasteiger partial charge in [-0.15, -0.1) is 0 Å². The molecule has 0 aromatic heterocycles. The molecule has 0 spiro atoms. The predicted molar refractivity (Wildman–Crippen MR) is 91.6 cm³/mol. The van der Waals surface area contributed by atoms with E-state index in [0.717, 1.165) is 22.2 Å². The number of rotatable bonds is 5. The van der Waals surface area contributed by atoms with E-state index in [1.165, 1.54) is 50.8 Å². The summed E-state index contributed by atoms with van der Waals surface area (Å²) in [5.74, 6) is 0. The Morgan fingerprint density at radius 3 is 2.53 bits per heavy atom.